The molecule has 0 aromatic heterocycles. The number of ether oxygens (including phenoxy) is 1. The van der Waals surface area contributed by atoms with Crippen molar-refractivity contribution in [3.05, 3.63) is 29.8 Å². The number of nitrogens with zero attached hydrogens (tertiary/aromatic N) is 3. The van der Waals surface area contributed by atoms with Crippen LogP contribution in [-0.2, 0) is 14.3 Å². The fraction of sp³-hybridized carbons (Fsp3) is 0.654. The van der Waals surface area contributed by atoms with Crippen molar-refractivity contribution in [2.24, 2.45) is 5.92 Å². The predicted octanol–water partition coefficient (Wildman–Crippen LogP) is 2.28. The van der Waals surface area contributed by atoms with E-state index >= 15 is 0 Å². The van der Waals surface area contributed by atoms with E-state index in [4.69, 9.17) is 4.74 Å². The third-order valence-electron chi connectivity index (χ3n) is 7.01. The van der Waals surface area contributed by atoms with Crippen molar-refractivity contribution in [3.8, 4) is 0 Å². The Labute approximate surface area is 202 Å². The molecule has 4 rings (SSSR count). The number of piperidine rings is 1. The van der Waals surface area contributed by atoms with E-state index in [1.165, 1.54) is 0 Å². The van der Waals surface area contributed by atoms with E-state index in [-0.39, 0.29) is 29.9 Å². The van der Waals surface area contributed by atoms with Gasteiger partial charge in [0.15, 0.2) is 0 Å². The Hall–Kier alpha value is -2.61. The third-order valence-corrected chi connectivity index (χ3v) is 7.01. The third kappa shape index (κ3) is 5.90. The molecule has 3 aliphatic heterocycles. The summed E-state index contributed by atoms with van der Waals surface area (Å²) in [5.74, 6) is 0.565. The highest BCUT2D eigenvalue weighted by molar-refractivity contribution is 6.00. The summed E-state index contributed by atoms with van der Waals surface area (Å²) in [7, 11) is 0. The van der Waals surface area contributed by atoms with Crippen LogP contribution in [-0.4, -0.2) is 85.5 Å². The van der Waals surface area contributed by atoms with E-state index in [9.17, 15) is 14.4 Å². The number of nitrogens with one attached hydrogen (secondary N) is 1. The van der Waals surface area contributed by atoms with Gasteiger partial charge in [-0.25, -0.2) is 0 Å². The molecule has 3 heterocycles. The van der Waals surface area contributed by atoms with Crippen LogP contribution in [0.3, 0.4) is 0 Å². The Balaban J connectivity index is 1.32. The molecule has 1 N–H and O–H groups in total. The molecule has 3 amide bonds. The van der Waals surface area contributed by atoms with Crippen LogP contribution in [0.1, 0.15) is 56.3 Å². The van der Waals surface area contributed by atoms with Crippen molar-refractivity contribution < 1.29 is 19.1 Å². The molecule has 1 aromatic carbocycles. The van der Waals surface area contributed by atoms with Gasteiger partial charge in [0.1, 0.15) is 6.10 Å². The van der Waals surface area contributed by atoms with Gasteiger partial charge in [0, 0.05) is 64.0 Å². The second kappa shape index (κ2) is 11.2. The molecular formula is C26H38N4O4. The van der Waals surface area contributed by atoms with Crippen molar-refractivity contribution in [1.82, 2.24) is 15.1 Å². The van der Waals surface area contributed by atoms with Gasteiger partial charge in [0.25, 0.3) is 11.8 Å². The Bertz CT molecular complexity index is 867. The van der Waals surface area contributed by atoms with Crippen LogP contribution < -0.4 is 10.2 Å². The quantitative estimate of drug-likeness (QED) is 0.690. The number of hydrogen-bond acceptors (Lipinski definition) is 5. The normalized spacial score (nSPS) is 21.7. The maximum absolute atomic E-state index is 13.4. The van der Waals surface area contributed by atoms with Gasteiger partial charge in [-0.15, -0.1) is 0 Å². The van der Waals surface area contributed by atoms with Crippen LogP contribution in [0.25, 0.3) is 0 Å². The van der Waals surface area contributed by atoms with Gasteiger partial charge in [-0.05, 0) is 43.7 Å². The lowest BCUT2D eigenvalue weighted by atomic mass is 10.0. The smallest absolute Gasteiger partial charge is 0.256 e. The SMILES string of the molecule is CC(C)CC(=O)NC1CCN(c2ccccc2C(=O)N2CCN(C(=O)C3CCCO3)CC2)CC1. The molecule has 3 saturated heterocycles. The molecule has 0 radical (unpaired) electrons. The highest BCUT2D eigenvalue weighted by Gasteiger charge is 2.32. The molecule has 0 bridgehead atoms. The van der Waals surface area contributed by atoms with Crippen LogP contribution in [0.15, 0.2) is 24.3 Å². The summed E-state index contributed by atoms with van der Waals surface area (Å²) >= 11 is 0. The molecule has 3 aliphatic rings. The van der Waals surface area contributed by atoms with Crippen LogP contribution in [0.2, 0.25) is 0 Å². The molecule has 1 unspecified atom stereocenters. The van der Waals surface area contributed by atoms with E-state index in [1.54, 1.807) is 0 Å². The molecule has 0 aliphatic carbocycles. The number of benzene rings is 1. The molecule has 0 spiro atoms. The standard InChI is InChI=1S/C26H38N4O4/c1-19(2)18-24(31)27-20-9-11-28(12-10-20)22-7-4-3-6-21(22)25(32)29-13-15-30(16-14-29)26(33)23-8-5-17-34-23/h3-4,6-7,19-20,23H,5,8-18H2,1-2H3,(H,27,31). The van der Waals surface area contributed by atoms with Gasteiger partial charge in [-0.2, -0.15) is 0 Å². The molecule has 186 valence electrons. The number of anilines is 1. The number of piperazine rings is 1. The minimum Gasteiger partial charge on any atom is -0.371 e. The summed E-state index contributed by atoms with van der Waals surface area (Å²) in [4.78, 5) is 44.1. The lowest BCUT2D eigenvalue weighted by molar-refractivity contribution is -0.142. The Morgan fingerprint density at radius 3 is 2.29 bits per heavy atom. The van der Waals surface area contributed by atoms with Gasteiger partial charge in [0.2, 0.25) is 5.91 Å². The first-order valence-electron chi connectivity index (χ1n) is 12.8. The van der Waals surface area contributed by atoms with Gasteiger partial charge >= 0.3 is 0 Å². The summed E-state index contributed by atoms with van der Waals surface area (Å²) in [6.45, 7) is 8.55. The number of carbonyl (C=O) groups is 3. The molecule has 1 atom stereocenters. The highest BCUT2D eigenvalue weighted by atomic mass is 16.5. The maximum Gasteiger partial charge on any atom is 0.256 e. The van der Waals surface area contributed by atoms with Crippen molar-refractivity contribution in [3.63, 3.8) is 0 Å². The minimum atomic E-state index is -0.305. The number of carbonyl (C=O) groups excluding carboxylic acids is 3. The summed E-state index contributed by atoms with van der Waals surface area (Å²) < 4.78 is 5.54. The largest absolute Gasteiger partial charge is 0.371 e. The van der Waals surface area contributed by atoms with E-state index < -0.39 is 0 Å². The topological polar surface area (TPSA) is 82.2 Å². The number of para-hydroxylation sites is 1. The zero-order valence-electron chi connectivity index (χ0n) is 20.5. The van der Waals surface area contributed by atoms with Crippen LogP contribution >= 0.6 is 0 Å². The molecule has 0 saturated carbocycles. The zero-order valence-corrected chi connectivity index (χ0v) is 20.5. The minimum absolute atomic E-state index is 0.0205. The first-order valence-corrected chi connectivity index (χ1v) is 12.8. The van der Waals surface area contributed by atoms with Crippen molar-refractivity contribution in [2.45, 2.75) is 58.1 Å². The van der Waals surface area contributed by atoms with Gasteiger partial charge < -0.3 is 24.8 Å². The van der Waals surface area contributed by atoms with Crippen molar-refractivity contribution >= 4 is 23.4 Å². The lowest BCUT2D eigenvalue weighted by Crippen LogP contribution is -2.53. The Kier molecular flexibility index (Phi) is 8.08. The van der Waals surface area contributed by atoms with Gasteiger partial charge in [0.05, 0.1) is 5.56 Å². The number of hydrogen-bond donors (Lipinski definition) is 1. The second-order valence-electron chi connectivity index (χ2n) is 10.1. The molecular weight excluding hydrogens is 432 g/mol. The Morgan fingerprint density at radius 2 is 1.65 bits per heavy atom. The highest BCUT2D eigenvalue weighted by Crippen LogP contribution is 2.26. The molecule has 8 heteroatoms. The first kappa shape index (κ1) is 24.5. The number of amides is 3. The molecule has 3 fully saturated rings. The van der Waals surface area contributed by atoms with E-state index in [1.807, 2.05) is 34.1 Å². The summed E-state index contributed by atoms with van der Waals surface area (Å²) in [5.41, 5.74) is 1.67. The average Bonchev–Trinajstić information content (AvgIpc) is 3.38. The summed E-state index contributed by atoms with van der Waals surface area (Å²) in [6, 6.07) is 7.99. The average molecular weight is 471 g/mol. The predicted molar refractivity (Wildman–Crippen MR) is 131 cm³/mol. The Morgan fingerprint density at radius 1 is 0.971 bits per heavy atom. The van der Waals surface area contributed by atoms with Crippen LogP contribution in [0.5, 0.6) is 0 Å². The molecule has 1 aromatic rings. The lowest BCUT2D eigenvalue weighted by Gasteiger charge is -2.38. The molecule has 8 nitrogen and oxygen atoms in total. The van der Waals surface area contributed by atoms with Crippen LogP contribution in [0.4, 0.5) is 5.69 Å². The van der Waals surface area contributed by atoms with Crippen molar-refractivity contribution in [1.29, 1.82) is 0 Å². The fourth-order valence-corrected chi connectivity index (χ4v) is 5.13. The monoisotopic (exact) mass is 470 g/mol. The summed E-state index contributed by atoms with van der Waals surface area (Å²) in [6.07, 6.45) is 3.73. The number of rotatable bonds is 6. The zero-order chi connectivity index (χ0) is 24.1. The first-order chi connectivity index (χ1) is 16.4. The maximum atomic E-state index is 13.4. The van der Waals surface area contributed by atoms with Crippen molar-refractivity contribution in [2.75, 3.05) is 50.8 Å². The van der Waals surface area contributed by atoms with Crippen LogP contribution in [0, 0.1) is 5.92 Å². The van der Waals surface area contributed by atoms with E-state index in [2.05, 4.69) is 24.1 Å². The van der Waals surface area contributed by atoms with E-state index in [0.29, 0.717) is 50.7 Å². The van der Waals surface area contributed by atoms with Gasteiger partial charge in [-0.1, -0.05) is 26.0 Å². The van der Waals surface area contributed by atoms with Gasteiger partial charge in [-0.3, -0.25) is 14.4 Å². The fourth-order valence-electron chi connectivity index (χ4n) is 5.13. The van der Waals surface area contributed by atoms with E-state index in [0.717, 1.165) is 44.5 Å². The second-order valence-corrected chi connectivity index (χ2v) is 10.1. The summed E-state index contributed by atoms with van der Waals surface area (Å²) in [5, 5.41) is 3.16. The molecule has 34 heavy (non-hydrogen) atoms.